The van der Waals surface area contributed by atoms with Gasteiger partial charge in [0.25, 0.3) is 0 Å². The van der Waals surface area contributed by atoms with E-state index in [-0.39, 0.29) is 17.7 Å². The zero-order chi connectivity index (χ0) is 14.1. The molecule has 0 unspecified atom stereocenters. The molecular formula is C16H16N2O2. The maximum Gasteiger partial charge on any atom is 0.231 e. The fraction of sp³-hybridized carbons (Fsp3) is 0.250. The van der Waals surface area contributed by atoms with Gasteiger partial charge < -0.3 is 10.2 Å². The Balaban J connectivity index is 1.74. The van der Waals surface area contributed by atoms with Gasteiger partial charge >= 0.3 is 0 Å². The standard InChI is InChI=1S/C16H16N2O2/c1-11(19)18-9-13(10-18)16(20)17-15-8-4-6-12-5-2-3-7-14(12)15/h2-8,13H,9-10H2,1H3,(H,17,20). The molecule has 1 aliphatic heterocycles. The SMILES string of the molecule is CC(=O)N1CC(C(=O)Nc2cccc3ccccc23)C1. The molecule has 4 nitrogen and oxygen atoms in total. The summed E-state index contributed by atoms with van der Waals surface area (Å²) in [6, 6.07) is 13.8. The van der Waals surface area contributed by atoms with Crippen LogP contribution in [0.3, 0.4) is 0 Å². The minimum absolute atomic E-state index is 0.0150. The zero-order valence-electron chi connectivity index (χ0n) is 11.3. The Labute approximate surface area is 117 Å². The van der Waals surface area contributed by atoms with E-state index in [0.29, 0.717) is 13.1 Å². The molecule has 1 fully saturated rings. The number of carbonyl (C=O) groups excluding carboxylic acids is 2. The molecule has 2 amide bonds. The Hall–Kier alpha value is -2.36. The molecule has 0 atom stereocenters. The molecule has 1 saturated heterocycles. The molecule has 0 spiro atoms. The molecule has 3 rings (SSSR count). The molecule has 20 heavy (non-hydrogen) atoms. The third-order valence-corrected chi connectivity index (χ3v) is 3.75. The van der Waals surface area contributed by atoms with E-state index in [9.17, 15) is 9.59 Å². The van der Waals surface area contributed by atoms with Crippen LogP contribution < -0.4 is 5.32 Å². The van der Waals surface area contributed by atoms with Crippen LogP contribution >= 0.6 is 0 Å². The minimum Gasteiger partial charge on any atom is -0.341 e. The normalized spacial score (nSPS) is 14.9. The minimum atomic E-state index is -0.0992. The summed E-state index contributed by atoms with van der Waals surface area (Å²) < 4.78 is 0. The second kappa shape index (κ2) is 4.96. The average Bonchev–Trinajstić information content (AvgIpc) is 2.37. The first-order valence-electron chi connectivity index (χ1n) is 6.69. The van der Waals surface area contributed by atoms with Crippen LogP contribution in [-0.4, -0.2) is 29.8 Å². The fourth-order valence-corrected chi connectivity index (χ4v) is 2.47. The summed E-state index contributed by atoms with van der Waals surface area (Å²) in [7, 11) is 0. The number of benzene rings is 2. The van der Waals surface area contributed by atoms with Gasteiger partial charge in [-0.1, -0.05) is 36.4 Å². The molecule has 0 radical (unpaired) electrons. The summed E-state index contributed by atoms with van der Waals surface area (Å²) in [6.45, 7) is 2.57. The van der Waals surface area contributed by atoms with Crippen molar-refractivity contribution < 1.29 is 9.59 Å². The van der Waals surface area contributed by atoms with E-state index >= 15 is 0 Å². The molecule has 1 aliphatic rings. The number of hydrogen-bond acceptors (Lipinski definition) is 2. The summed E-state index contributed by atoms with van der Waals surface area (Å²) in [5, 5.41) is 5.10. The summed E-state index contributed by atoms with van der Waals surface area (Å²) in [6.07, 6.45) is 0. The first-order chi connectivity index (χ1) is 9.65. The van der Waals surface area contributed by atoms with Gasteiger partial charge in [0, 0.05) is 31.1 Å². The third-order valence-electron chi connectivity index (χ3n) is 3.75. The Bertz CT molecular complexity index is 670. The number of amides is 2. The van der Waals surface area contributed by atoms with E-state index in [1.54, 1.807) is 4.90 Å². The number of hydrogen-bond donors (Lipinski definition) is 1. The molecule has 2 aromatic carbocycles. The van der Waals surface area contributed by atoms with Gasteiger partial charge in [-0.2, -0.15) is 0 Å². The lowest BCUT2D eigenvalue weighted by atomic mass is 9.98. The maximum atomic E-state index is 12.2. The average molecular weight is 268 g/mol. The van der Waals surface area contributed by atoms with Crippen molar-refractivity contribution in [3.63, 3.8) is 0 Å². The van der Waals surface area contributed by atoms with Gasteiger partial charge in [-0.15, -0.1) is 0 Å². The van der Waals surface area contributed by atoms with E-state index in [1.165, 1.54) is 6.92 Å². The highest BCUT2D eigenvalue weighted by atomic mass is 16.2. The number of fused-ring (bicyclic) bond motifs is 1. The number of rotatable bonds is 2. The summed E-state index contributed by atoms with van der Waals surface area (Å²) in [5.74, 6) is -0.0871. The van der Waals surface area contributed by atoms with Gasteiger partial charge in [-0.25, -0.2) is 0 Å². The van der Waals surface area contributed by atoms with Crippen LogP contribution in [-0.2, 0) is 9.59 Å². The monoisotopic (exact) mass is 268 g/mol. The van der Waals surface area contributed by atoms with Crippen LogP contribution in [0.15, 0.2) is 42.5 Å². The van der Waals surface area contributed by atoms with Crippen molar-refractivity contribution >= 4 is 28.3 Å². The van der Waals surface area contributed by atoms with E-state index < -0.39 is 0 Å². The van der Waals surface area contributed by atoms with Crippen LogP contribution in [0.2, 0.25) is 0 Å². The van der Waals surface area contributed by atoms with Crippen molar-refractivity contribution in [2.45, 2.75) is 6.92 Å². The highest BCUT2D eigenvalue weighted by Crippen LogP contribution is 2.24. The number of anilines is 1. The lowest BCUT2D eigenvalue weighted by Crippen LogP contribution is -2.53. The molecule has 102 valence electrons. The number of nitrogens with zero attached hydrogens (tertiary/aromatic N) is 1. The topological polar surface area (TPSA) is 49.4 Å². The van der Waals surface area contributed by atoms with Crippen molar-refractivity contribution in [1.29, 1.82) is 0 Å². The lowest BCUT2D eigenvalue weighted by molar-refractivity contribution is -0.139. The second-order valence-electron chi connectivity index (χ2n) is 5.14. The smallest absolute Gasteiger partial charge is 0.231 e. The Morgan fingerprint density at radius 2 is 1.80 bits per heavy atom. The van der Waals surface area contributed by atoms with Crippen molar-refractivity contribution in [3.8, 4) is 0 Å². The Kier molecular flexibility index (Phi) is 3.14. The summed E-state index contributed by atoms with van der Waals surface area (Å²) in [5.41, 5.74) is 0.828. The van der Waals surface area contributed by atoms with Crippen LogP contribution in [0.25, 0.3) is 10.8 Å². The number of carbonyl (C=O) groups is 2. The maximum absolute atomic E-state index is 12.2. The van der Waals surface area contributed by atoms with Crippen molar-refractivity contribution in [3.05, 3.63) is 42.5 Å². The molecule has 2 aromatic rings. The quantitative estimate of drug-likeness (QED) is 0.908. The first-order valence-corrected chi connectivity index (χ1v) is 6.69. The van der Waals surface area contributed by atoms with Crippen molar-refractivity contribution in [2.24, 2.45) is 5.92 Å². The molecule has 0 bridgehead atoms. The van der Waals surface area contributed by atoms with Crippen molar-refractivity contribution in [1.82, 2.24) is 4.90 Å². The molecule has 0 saturated carbocycles. The van der Waals surface area contributed by atoms with Crippen LogP contribution in [0.5, 0.6) is 0 Å². The number of likely N-dealkylation sites (tertiary alicyclic amines) is 1. The first kappa shape index (κ1) is 12.7. The van der Waals surface area contributed by atoms with E-state index in [2.05, 4.69) is 5.32 Å². The Morgan fingerprint density at radius 1 is 1.10 bits per heavy atom. The molecule has 0 aromatic heterocycles. The van der Waals surface area contributed by atoms with Crippen LogP contribution in [0.4, 0.5) is 5.69 Å². The van der Waals surface area contributed by atoms with Crippen molar-refractivity contribution in [2.75, 3.05) is 18.4 Å². The summed E-state index contributed by atoms with van der Waals surface area (Å²) >= 11 is 0. The van der Waals surface area contributed by atoms with Gasteiger partial charge in [0.2, 0.25) is 11.8 Å². The van der Waals surface area contributed by atoms with Crippen LogP contribution in [0.1, 0.15) is 6.92 Å². The second-order valence-corrected chi connectivity index (χ2v) is 5.14. The van der Waals surface area contributed by atoms with Gasteiger partial charge in [0.15, 0.2) is 0 Å². The van der Waals surface area contributed by atoms with Gasteiger partial charge in [-0.3, -0.25) is 9.59 Å². The third kappa shape index (κ3) is 2.25. The van der Waals surface area contributed by atoms with Gasteiger partial charge in [0.1, 0.15) is 0 Å². The Morgan fingerprint density at radius 3 is 2.55 bits per heavy atom. The fourth-order valence-electron chi connectivity index (χ4n) is 2.47. The van der Waals surface area contributed by atoms with Gasteiger partial charge in [-0.05, 0) is 11.5 Å². The van der Waals surface area contributed by atoms with E-state index in [1.807, 2.05) is 42.5 Å². The molecule has 0 aliphatic carbocycles. The highest BCUT2D eigenvalue weighted by Gasteiger charge is 2.34. The van der Waals surface area contributed by atoms with Gasteiger partial charge in [0.05, 0.1) is 5.92 Å². The van der Waals surface area contributed by atoms with E-state index in [4.69, 9.17) is 0 Å². The predicted octanol–water partition coefficient (Wildman–Crippen LogP) is 2.26. The molecular weight excluding hydrogens is 252 g/mol. The molecule has 4 heteroatoms. The number of nitrogens with one attached hydrogen (secondary N) is 1. The van der Waals surface area contributed by atoms with Crippen LogP contribution in [0, 0.1) is 5.92 Å². The molecule has 1 N–H and O–H groups in total. The lowest BCUT2D eigenvalue weighted by Gasteiger charge is -2.37. The van der Waals surface area contributed by atoms with E-state index in [0.717, 1.165) is 16.5 Å². The summed E-state index contributed by atoms with van der Waals surface area (Å²) in [4.78, 5) is 25.0. The largest absolute Gasteiger partial charge is 0.341 e. The predicted molar refractivity (Wildman–Crippen MR) is 78.3 cm³/mol. The highest BCUT2D eigenvalue weighted by molar-refractivity contribution is 6.03. The molecule has 1 heterocycles. The zero-order valence-corrected chi connectivity index (χ0v) is 11.3.